The van der Waals surface area contributed by atoms with Crippen LogP contribution in [-0.4, -0.2) is 17.2 Å². The summed E-state index contributed by atoms with van der Waals surface area (Å²) < 4.78 is 11.8. The van der Waals surface area contributed by atoms with Gasteiger partial charge in [0, 0.05) is 22.5 Å². The molecule has 0 aliphatic carbocycles. The Kier molecular flexibility index (Phi) is 3.97. The van der Waals surface area contributed by atoms with E-state index >= 15 is 0 Å². The second kappa shape index (κ2) is 6.64. The first-order valence-corrected chi connectivity index (χ1v) is 9.10. The van der Waals surface area contributed by atoms with Crippen molar-refractivity contribution in [3.8, 4) is 17.1 Å². The number of nitrogens with one attached hydrogen (secondary N) is 1. The normalized spacial score (nSPS) is 13.8. The monoisotopic (exact) mass is 371 g/mol. The van der Waals surface area contributed by atoms with Crippen LogP contribution in [0.15, 0.2) is 77.6 Å². The van der Waals surface area contributed by atoms with E-state index in [9.17, 15) is 5.11 Å². The highest BCUT2D eigenvalue weighted by Crippen LogP contribution is 2.39. The summed E-state index contributed by atoms with van der Waals surface area (Å²) in [4.78, 5) is 5.78. The maximum absolute atomic E-state index is 9.75. The van der Waals surface area contributed by atoms with Crippen molar-refractivity contribution in [1.82, 2.24) is 4.98 Å². The number of para-hydroxylation sites is 1. The predicted octanol–water partition coefficient (Wildman–Crippen LogP) is 3.71. The molecule has 0 saturated carbocycles. The molecular weight excluding hydrogens is 352 g/mol. The van der Waals surface area contributed by atoms with Gasteiger partial charge in [0.25, 0.3) is 0 Å². The number of methoxy groups -OCH3 is 1. The standard InChI is InChI=1S/C23H18N2O3/c1-27-21-11-15(14-26)10-17-18(20-12-16-6-2-3-7-19(16)28-20)13-24-23(22(17)21)25-8-4-5-9-25/h2-13,26H,14H2,1H3/p+1. The van der Waals surface area contributed by atoms with E-state index in [1.54, 1.807) is 7.11 Å². The van der Waals surface area contributed by atoms with Gasteiger partial charge in [0.05, 0.1) is 13.7 Å². The lowest BCUT2D eigenvalue weighted by molar-refractivity contribution is -0.711. The van der Waals surface area contributed by atoms with Crippen molar-refractivity contribution in [3.63, 3.8) is 0 Å². The smallest absolute Gasteiger partial charge is 0.246 e. The molecule has 2 aromatic heterocycles. The number of hydrogen-bond donors (Lipinski definition) is 2. The second-order valence-electron chi connectivity index (χ2n) is 6.72. The Morgan fingerprint density at radius 2 is 1.93 bits per heavy atom. The van der Waals surface area contributed by atoms with Gasteiger partial charge in [-0.05, 0) is 42.0 Å². The number of aromatic nitrogens is 1. The quantitative estimate of drug-likeness (QED) is 0.574. The molecule has 3 heterocycles. The molecule has 0 radical (unpaired) electrons. The number of furan rings is 1. The Morgan fingerprint density at radius 3 is 2.68 bits per heavy atom. The molecule has 0 fully saturated rings. The topological polar surface area (TPSA) is 59.9 Å². The Bertz CT molecular complexity index is 1210. The number of pyridine rings is 1. The average Bonchev–Trinajstić information content (AvgIpc) is 3.41. The van der Waals surface area contributed by atoms with Gasteiger partial charge >= 0.3 is 0 Å². The van der Waals surface area contributed by atoms with Gasteiger partial charge in [0.2, 0.25) is 5.82 Å². The van der Waals surface area contributed by atoms with Gasteiger partial charge in [-0.15, -0.1) is 0 Å². The fraction of sp³-hybridized carbons (Fsp3) is 0.0870. The summed E-state index contributed by atoms with van der Waals surface area (Å²) in [7, 11) is 1.64. The number of ether oxygens (including phenoxy) is 1. The summed E-state index contributed by atoms with van der Waals surface area (Å²) in [6, 6.07) is 13.8. The summed E-state index contributed by atoms with van der Waals surface area (Å²) in [6.45, 7) is -0.0695. The molecule has 0 amide bonds. The molecule has 2 N–H and O–H groups in total. The zero-order valence-corrected chi connectivity index (χ0v) is 15.3. The van der Waals surface area contributed by atoms with Gasteiger partial charge in [-0.2, -0.15) is 0 Å². The number of rotatable bonds is 4. The first-order chi connectivity index (χ1) is 13.8. The third-order valence-electron chi connectivity index (χ3n) is 5.04. The molecule has 5 heteroatoms. The van der Waals surface area contributed by atoms with Crippen LogP contribution in [0.3, 0.4) is 0 Å². The van der Waals surface area contributed by atoms with Gasteiger partial charge in [-0.3, -0.25) is 0 Å². The van der Waals surface area contributed by atoms with E-state index < -0.39 is 0 Å². The molecule has 5 nitrogen and oxygen atoms in total. The van der Waals surface area contributed by atoms with Crippen LogP contribution in [0.4, 0.5) is 5.82 Å². The van der Waals surface area contributed by atoms with E-state index in [4.69, 9.17) is 14.1 Å². The fourth-order valence-electron chi connectivity index (χ4n) is 3.71. The molecule has 0 saturated heterocycles. The van der Waals surface area contributed by atoms with E-state index in [-0.39, 0.29) is 6.61 Å². The molecule has 0 bridgehead atoms. The maximum Gasteiger partial charge on any atom is 0.246 e. The van der Waals surface area contributed by atoms with Gasteiger partial charge < -0.3 is 14.3 Å². The minimum atomic E-state index is -0.0695. The Labute approximate surface area is 161 Å². The number of aliphatic hydroxyl groups is 1. The predicted molar refractivity (Wildman–Crippen MR) is 108 cm³/mol. The van der Waals surface area contributed by atoms with Crippen molar-refractivity contribution in [3.05, 3.63) is 78.8 Å². The van der Waals surface area contributed by atoms with Crippen LogP contribution >= 0.6 is 0 Å². The van der Waals surface area contributed by atoms with E-state index in [0.717, 1.165) is 49.3 Å². The molecule has 5 rings (SSSR count). The molecule has 1 aliphatic rings. The van der Waals surface area contributed by atoms with Crippen LogP contribution < -0.4 is 9.64 Å². The van der Waals surface area contributed by atoms with Crippen LogP contribution in [0.1, 0.15) is 5.56 Å². The lowest BCUT2D eigenvalue weighted by atomic mass is 10.0. The summed E-state index contributed by atoms with van der Waals surface area (Å²) in [5.41, 5.74) is 2.48. The molecule has 1 aliphatic heterocycles. The number of benzene rings is 2. The van der Waals surface area contributed by atoms with Crippen LogP contribution in [0, 0.1) is 0 Å². The number of hydrogen-bond acceptors (Lipinski definition) is 4. The molecule has 138 valence electrons. The first-order valence-electron chi connectivity index (χ1n) is 9.10. The minimum absolute atomic E-state index is 0.0695. The Hall–Kier alpha value is -3.41. The van der Waals surface area contributed by atoms with Crippen molar-refractivity contribution >= 4 is 27.6 Å². The van der Waals surface area contributed by atoms with Crippen molar-refractivity contribution in [2.75, 3.05) is 7.11 Å². The molecule has 4 aromatic rings. The summed E-state index contributed by atoms with van der Waals surface area (Å²) in [6.07, 6.45) is 9.88. The second-order valence-corrected chi connectivity index (χ2v) is 6.72. The van der Waals surface area contributed by atoms with Gasteiger partial charge in [-0.25, -0.2) is 9.88 Å². The minimum Gasteiger partial charge on any atom is -0.496 e. The highest BCUT2D eigenvalue weighted by molar-refractivity contribution is 6.04. The average molecular weight is 371 g/mol. The van der Waals surface area contributed by atoms with E-state index in [0.29, 0.717) is 5.75 Å². The summed E-state index contributed by atoms with van der Waals surface area (Å²) >= 11 is 0. The van der Waals surface area contributed by atoms with E-state index in [1.807, 2.05) is 73.2 Å². The molecule has 2 aromatic carbocycles. The van der Waals surface area contributed by atoms with Crippen LogP contribution in [-0.2, 0) is 6.61 Å². The highest BCUT2D eigenvalue weighted by atomic mass is 16.5. The third-order valence-corrected chi connectivity index (χ3v) is 5.04. The van der Waals surface area contributed by atoms with Crippen molar-refractivity contribution in [2.45, 2.75) is 6.61 Å². The molecule has 0 atom stereocenters. The highest BCUT2D eigenvalue weighted by Gasteiger charge is 2.23. The van der Waals surface area contributed by atoms with Crippen LogP contribution in [0.5, 0.6) is 5.75 Å². The molecule has 28 heavy (non-hydrogen) atoms. The van der Waals surface area contributed by atoms with Gasteiger partial charge in [-0.1, -0.05) is 18.2 Å². The number of quaternary nitrogens is 1. The Balaban J connectivity index is 1.83. The van der Waals surface area contributed by atoms with Crippen molar-refractivity contribution in [2.24, 2.45) is 0 Å². The number of nitrogens with zero attached hydrogens (tertiary/aromatic N) is 1. The number of aliphatic hydroxyl groups excluding tert-OH is 1. The third kappa shape index (κ3) is 2.60. The van der Waals surface area contributed by atoms with Crippen molar-refractivity contribution in [1.29, 1.82) is 0 Å². The van der Waals surface area contributed by atoms with Crippen LogP contribution in [0.25, 0.3) is 33.1 Å². The lowest BCUT2D eigenvalue weighted by Crippen LogP contribution is -2.96. The first kappa shape index (κ1) is 16.7. The van der Waals surface area contributed by atoms with E-state index in [1.165, 1.54) is 0 Å². The molecule has 0 spiro atoms. The molecular formula is C23H19N2O3+. The number of allylic oxidation sites excluding steroid dienone is 2. The summed E-state index contributed by atoms with van der Waals surface area (Å²) in [5.74, 6) is 2.27. The SMILES string of the molecule is COc1cc(CO)cc2c(-c3cc4ccccc4o3)cnc([NH+]3C=CC=C3)c12. The van der Waals surface area contributed by atoms with Crippen LogP contribution in [0.2, 0.25) is 0 Å². The largest absolute Gasteiger partial charge is 0.496 e. The Morgan fingerprint density at radius 1 is 1.11 bits per heavy atom. The van der Waals surface area contributed by atoms with E-state index in [2.05, 4.69) is 0 Å². The van der Waals surface area contributed by atoms with Gasteiger partial charge in [0.1, 0.15) is 34.9 Å². The zero-order chi connectivity index (χ0) is 19.1. The zero-order valence-electron chi connectivity index (χ0n) is 15.3. The maximum atomic E-state index is 9.75. The van der Waals surface area contributed by atoms with Crippen molar-refractivity contribution < 1.29 is 19.2 Å². The number of fused-ring (bicyclic) bond motifs is 2. The van der Waals surface area contributed by atoms with Gasteiger partial charge in [0.15, 0.2) is 0 Å². The molecule has 0 unspecified atom stereocenters. The summed E-state index contributed by atoms with van der Waals surface area (Å²) in [5, 5.41) is 12.6. The lowest BCUT2D eigenvalue weighted by Gasteiger charge is -2.15. The fourth-order valence-corrected chi connectivity index (χ4v) is 3.71.